The maximum absolute atomic E-state index is 12.0. The van der Waals surface area contributed by atoms with E-state index in [4.69, 9.17) is 0 Å². The molecule has 1 aromatic carbocycles. The minimum Gasteiger partial charge on any atom is -0.481 e. The third-order valence-corrected chi connectivity index (χ3v) is 3.92. The zero-order valence-corrected chi connectivity index (χ0v) is 11.3. The average Bonchev–Trinajstić information content (AvgIpc) is 2.27. The quantitative estimate of drug-likeness (QED) is 0.875. The Hall–Kier alpha value is -1.84. The number of benzene rings is 1. The molecule has 0 aromatic heterocycles. The van der Waals surface area contributed by atoms with Crippen LogP contribution >= 0.6 is 0 Å². The molecular formula is C15H19NO3. The zero-order chi connectivity index (χ0) is 14.0. The van der Waals surface area contributed by atoms with Crippen LogP contribution in [-0.4, -0.2) is 17.0 Å². The molecule has 4 nitrogen and oxygen atoms in total. The lowest BCUT2D eigenvalue weighted by atomic mass is 9.66. The first kappa shape index (κ1) is 13.6. The number of nitrogens with one attached hydrogen (secondary N) is 1. The number of aryl methyl sites for hydroxylation is 2. The maximum atomic E-state index is 12.0. The number of hydrogen-bond donors (Lipinski definition) is 2. The first-order chi connectivity index (χ1) is 8.93. The SMILES string of the molecule is Cc1ccc(NC(=O)CC2(C(=O)O)CCC2)c(C)c1. The van der Waals surface area contributed by atoms with Crippen molar-refractivity contribution in [3.8, 4) is 0 Å². The molecule has 0 bridgehead atoms. The fourth-order valence-electron chi connectivity index (χ4n) is 2.53. The van der Waals surface area contributed by atoms with Gasteiger partial charge in [-0.2, -0.15) is 0 Å². The van der Waals surface area contributed by atoms with Crippen molar-refractivity contribution in [1.82, 2.24) is 0 Å². The van der Waals surface area contributed by atoms with E-state index < -0.39 is 11.4 Å². The van der Waals surface area contributed by atoms with Crippen LogP contribution in [0.5, 0.6) is 0 Å². The van der Waals surface area contributed by atoms with Gasteiger partial charge in [-0.15, -0.1) is 0 Å². The molecule has 102 valence electrons. The van der Waals surface area contributed by atoms with E-state index in [2.05, 4.69) is 5.32 Å². The number of rotatable bonds is 4. The Balaban J connectivity index is 2.03. The molecule has 0 atom stereocenters. The smallest absolute Gasteiger partial charge is 0.310 e. The molecule has 1 aliphatic carbocycles. The monoisotopic (exact) mass is 261 g/mol. The van der Waals surface area contributed by atoms with Crippen LogP contribution in [0.4, 0.5) is 5.69 Å². The molecule has 1 aliphatic rings. The lowest BCUT2D eigenvalue weighted by Crippen LogP contribution is -2.41. The first-order valence-electron chi connectivity index (χ1n) is 6.53. The predicted octanol–water partition coefficient (Wildman–Crippen LogP) is 2.89. The summed E-state index contributed by atoms with van der Waals surface area (Å²) in [5.74, 6) is -1.07. The van der Waals surface area contributed by atoms with Gasteiger partial charge in [0, 0.05) is 12.1 Å². The average molecular weight is 261 g/mol. The fourth-order valence-corrected chi connectivity index (χ4v) is 2.53. The zero-order valence-electron chi connectivity index (χ0n) is 11.3. The first-order valence-corrected chi connectivity index (χ1v) is 6.53. The Labute approximate surface area is 112 Å². The third-order valence-electron chi connectivity index (χ3n) is 3.92. The summed E-state index contributed by atoms with van der Waals surface area (Å²) >= 11 is 0. The molecule has 0 spiro atoms. The Morgan fingerprint density at radius 2 is 2.00 bits per heavy atom. The largest absolute Gasteiger partial charge is 0.481 e. The van der Waals surface area contributed by atoms with Gasteiger partial charge < -0.3 is 10.4 Å². The summed E-state index contributed by atoms with van der Waals surface area (Å²) in [6, 6.07) is 5.78. The number of carbonyl (C=O) groups is 2. The van der Waals surface area contributed by atoms with Gasteiger partial charge in [-0.1, -0.05) is 24.1 Å². The van der Waals surface area contributed by atoms with Gasteiger partial charge in [0.2, 0.25) is 5.91 Å². The second-order valence-corrected chi connectivity index (χ2v) is 5.48. The Kier molecular flexibility index (Phi) is 3.60. The summed E-state index contributed by atoms with van der Waals surface area (Å²) in [5.41, 5.74) is 2.06. The van der Waals surface area contributed by atoms with Crippen molar-refractivity contribution in [1.29, 1.82) is 0 Å². The van der Waals surface area contributed by atoms with Gasteiger partial charge in [0.1, 0.15) is 0 Å². The van der Waals surface area contributed by atoms with Crippen LogP contribution in [0.25, 0.3) is 0 Å². The second-order valence-electron chi connectivity index (χ2n) is 5.48. The van der Waals surface area contributed by atoms with E-state index >= 15 is 0 Å². The molecule has 0 aliphatic heterocycles. The molecule has 0 radical (unpaired) electrons. The fraction of sp³-hybridized carbons (Fsp3) is 0.467. The lowest BCUT2D eigenvalue weighted by Gasteiger charge is -2.36. The summed E-state index contributed by atoms with van der Waals surface area (Å²) in [6.07, 6.45) is 2.16. The molecule has 0 saturated heterocycles. The van der Waals surface area contributed by atoms with Crippen LogP contribution < -0.4 is 5.32 Å². The third kappa shape index (κ3) is 2.78. The molecule has 0 heterocycles. The van der Waals surface area contributed by atoms with E-state index in [0.717, 1.165) is 23.2 Å². The maximum Gasteiger partial charge on any atom is 0.310 e. The number of anilines is 1. The molecule has 1 aromatic rings. The van der Waals surface area contributed by atoms with Crippen molar-refractivity contribution in [3.63, 3.8) is 0 Å². The van der Waals surface area contributed by atoms with Crippen LogP contribution in [0.15, 0.2) is 18.2 Å². The van der Waals surface area contributed by atoms with E-state index in [9.17, 15) is 14.7 Å². The highest BCUT2D eigenvalue weighted by molar-refractivity contribution is 5.95. The summed E-state index contributed by atoms with van der Waals surface area (Å²) < 4.78 is 0. The summed E-state index contributed by atoms with van der Waals surface area (Å²) in [5, 5.41) is 12.0. The normalized spacial score (nSPS) is 16.5. The van der Waals surface area contributed by atoms with Crippen molar-refractivity contribution in [2.45, 2.75) is 39.5 Å². The highest BCUT2D eigenvalue weighted by Gasteiger charge is 2.45. The predicted molar refractivity (Wildman–Crippen MR) is 73.1 cm³/mol. The van der Waals surface area contributed by atoms with Crippen LogP contribution in [0.3, 0.4) is 0 Å². The number of hydrogen-bond acceptors (Lipinski definition) is 2. The van der Waals surface area contributed by atoms with E-state index in [1.807, 2.05) is 32.0 Å². The molecule has 4 heteroatoms. The Morgan fingerprint density at radius 1 is 1.32 bits per heavy atom. The summed E-state index contributed by atoms with van der Waals surface area (Å²) in [6.45, 7) is 3.92. The molecular weight excluding hydrogens is 242 g/mol. The number of amides is 1. The van der Waals surface area contributed by atoms with Crippen molar-refractivity contribution in [2.75, 3.05) is 5.32 Å². The van der Waals surface area contributed by atoms with Gasteiger partial charge in [0.05, 0.1) is 5.41 Å². The lowest BCUT2D eigenvalue weighted by molar-refractivity contribution is -0.157. The molecule has 1 fully saturated rings. The van der Waals surface area contributed by atoms with Crippen molar-refractivity contribution in [2.24, 2.45) is 5.41 Å². The number of carboxylic acid groups (broad SMARTS) is 1. The summed E-state index contributed by atoms with van der Waals surface area (Å²) in [7, 11) is 0. The van der Waals surface area contributed by atoms with E-state index in [1.165, 1.54) is 0 Å². The molecule has 19 heavy (non-hydrogen) atoms. The molecule has 2 rings (SSSR count). The number of aliphatic carboxylic acids is 1. The van der Waals surface area contributed by atoms with Crippen LogP contribution in [0.1, 0.15) is 36.8 Å². The summed E-state index contributed by atoms with van der Waals surface area (Å²) in [4.78, 5) is 23.2. The topological polar surface area (TPSA) is 66.4 Å². The molecule has 2 N–H and O–H groups in total. The van der Waals surface area contributed by atoms with Crippen molar-refractivity contribution in [3.05, 3.63) is 29.3 Å². The minimum absolute atomic E-state index is 0.0651. The van der Waals surface area contributed by atoms with E-state index in [1.54, 1.807) is 0 Å². The molecule has 1 amide bonds. The van der Waals surface area contributed by atoms with Crippen LogP contribution in [0.2, 0.25) is 0 Å². The van der Waals surface area contributed by atoms with Crippen molar-refractivity contribution < 1.29 is 14.7 Å². The Bertz CT molecular complexity index is 518. The second kappa shape index (κ2) is 5.03. The van der Waals surface area contributed by atoms with Crippen molar-refractivity contribution >= 4 is 17.6 Å². The van der Waals surface area contributed by atoms with Gasteiger partial charge >= 0.3 is 5.97 Å². The molecule has 1 saturated carbocycles. The van der Waals surface area contributed by atoms with E-state index in [0.29, 0.717) is 12.8 Å². The van der Waals surface area contributed by atoms with Gasteiger partial charge in [-0.05, 0) is 38.3 Å². The van der Waals surface area contributed by atoms with Gasteiger partial charge in [-0.3, -0.25) is 9.59 Å². The minimum atomic E-state index is -0.852. The number of carbonyl (C=O) groups excluding carboxylic acids is 1. The van der Waals surface area contributed by atoms with Crippen LogP contribution in [0, 0.1) is 19.3 Å². The van der Waals surface area contributed by atoms with E-state index in [-0.39, 0.29) is 12.3 Å². The number of carboxylic acids is 1. The highest BCUT2D eigenvalue weighted by Crippen LogP contribution is 2.44. The van der Waals surface area contributed by atoms with Crippen LogP contribution in [-0.2, 0) is 9.59 Å². The standard InChI is InChI=1S/C15H19NO3/c1-10-4-5-12(11(2)8-10)16-13(17)9-15(14(18)19)6-3-7-15/h4-5,8H,3,6-7,9H2,1-2H3,(H,16,17)(H,18,19). The van der Waals surface area contributed by atoms with Gasteiger partial charge in [0.15, 0.2) is 0 Å². The Morgan fingerprint density at radius 3 is 2.47 bits per heavy atom. The molecule has 0 unspecified atom stereocenters. The van der Waals surface area contributed by atoms with Gasteiger partial charge in [-0.25, -0.2) is 0 Å². The highest BCUT2D eigenvalue weighted by atomic mass is 16.4. The van der Waals surface area contributed by atoms with Gasteiger partial charge in [0.25, 0.3) is 0 Å².